The predicted molar refractivity (Wildman–Crippen MR) is 85.7 cm³/mol. The summed E-state index contributed by atoms with van der Waals surface area (Å²) in [4.78, 5) is 0. The first-order chi connectivity index (χ1) is 10.9. The van der Waals surface area contributed by atoms with Gasteiger partial charge in [0.2, 0.25) is 0 Å². The van der Waals surface area contributed by atoms with Gasteiger partial charge < -0.3 is 0 Å². The Balaban J connectivity index is 1.99. The van der Waals surface area contributed by atoms with Crippen molar-refractivity contribution in [2.24, 2.45) is 5.10 Å². The summed E-state index contributed by atoms with van der Waals surface area (Å²) in [7, 11) is 0. The third-order valence-electron chi connectivity index (χ3n) is 3.47. The Labute approximate surface area is 136 Å². The zero-order chi connectivity index (χ0) is 16.4. The number of benzene rings is 2. The van der Waals surface area contributed by atoms with E-state index in [9.17, 15) is 13.2 Å². The SMILES string of the molecule is FC(F)(F)C1=NN(c2ccc(Cl)cc2)C=CC1c1ccccc1. The van der Waals surface area contributed by atoms with Crippen molar-refractivity contribution in [2.75, 3.05) is 5.01 Å². The van der Waals surface area contributed by atoms with Gasteiger partial charge in [-0.2, -0.15) is 18.3 Å². The maximum atomic E-state index is 13.4. The van der Waals surface area contributed by atoms with Crippen LogP contribution in [0, 0.1) is 0 Å². The fourth-order valence-corrected chi connectivity index (χ4v) is 2.50. The maximum Gasteiger partial charge on any atom is 0.432 e. The van der Waals surface area contributed by atoms with E-state index >= 15 is 0 Å². The van der Waals surface area contributed by atoms with Gasteiger partial charge in [0.25, 0.3) is 0 Å². The molecule has 1 unspecified atom stereocenters. The van der Waals surface area contributed by atoms with Crippen molar-refractivity contribution in [3.8, 4) is 0 Å². The highest BCUT2D eigenvalue weighted by molar-refractivity contribution is 6.30. The zero-order valence-electron chi connectivity index (χ0n) is 11.8. The lowest BCUT2D eigenvalue weighted by Crippen LogP contribution is -2.34. The van der Waals surface area contributed by atoms with Gasteiger partial charge in [0.15, 0.2) is 5.71 Å². The van der Waals surface area contributed by atoms with Crippen LogP contribution in [-0.4, -0.2) is 11.9 Å². The van der Waals surface area contributed by atoms with Crippen molar-refractivity contribution >= 4 is 23.0 Å². The molecule has 1 heterocycles. The molecule has 0 bridgehead atoms. The molecular weight excluding hydrogens is 325 g/mol. The Morgan fingerprint density at radius 3 is 2.22 bits per heavy atom. The van der Waals surface area contributed by atoms with E-state index in [1.54, 1.807) is 54.6 Å². The molecule has 2 nitrogen and oxygen atoms in total. The van der Waals surface area contributed by atoms with Gasteiger partial charge in [-0.05, 0) is 29.8 Å². The highest BCUT2D eigenvalue weighted by Gasteiger charge is 2.42. The Hall–Kier alpha value is -2.27. The van der Waals surface area contributed by atoms with E-state index in [2.05, 4.69) is 5.10 Å². The number of rotatable bonds is 2. The van der Waals surface area contributed by atoms with Crippen LogP contribution in [0.15, 0.2) is 72.0 Å². The molecule has 0 radical (unpaired) electrons. The summed E-state index contributed by atoms with van der Waals surface area (Å²) in [5.74, 6) is -0.917. The number of halogens is 4. The van der Waals surface area contributed by atoms with Crippen molar-refractivity contribution in [3.63, 3.8) is 0 Å². The average molecular weight is 337 g/mol. The number of nitrogens with zero attached hydrogens (tertiary/aromatic N) is 2. The van der Waals surface area contributed by atoms with Crippen molar-refractivity contribution in [1.29, 1.82) is 0 Å². The summed E-state index contributed by atoms with van der Waals surface area (Å²) in [5.41, 5.74) is 0.218. The lowest BCUT2D eigenvalue weighted by Gasteiger charge is -2.27. The summed E-state index contributed by atoms with van der Waals surface area (Å²) in [5, 5.41) is 5.52. The second-order valence-corrected chi connectivity index (χ2v) is 5.47. The highest BCUT2D eigenvalue weighted by Crippen LogP contribution is 2.34. The molecule has 3 rings (SSSR count). The van der Waals surface area contributed by atoms with E-state index in [1.807, 2.05) is 0 Å². The van der Waals surface area contributed by atoms with Gasteiger partial charge in [0, 0.05) is 11.2 Å². The molecule has 0 N–H and O–H groups in total. The minimum atomic E-state index is -4.52. The predicted octanol–water partition coefficient (Wildman–Crippen LogP) is 5.38. The van der Waals surface area contributed by atoms with E-state index in [4.69, 9.17) is 11.6 Å². The quantitative estimate of drug-likeness (QED) is 0.719. The molecule has 1 atom stereocenters. The van der Waals surface area contributed by atoms with Crippen LogP contribution in [0.2, 0.25) is 5.02 Å². The molecule has 2 aromatic carbocycles. The topological polar surface area (TPSA) is 15.6 Å². The van der Waals surface area contributed by atoms with Gasteiger partial charge in [-0.3, -0.25) is 0 Å². The standard InChI is InChI=1S/C17H12ClF3N2/c18-13-6-8-14(9-7-13)23-11-10-15(12-4-2-1-3-5-12)16(22-23)17(19,20)21/h1-11,15H. The first-order valence-corrected chi connectivity index (χ1v) is 7.27. The summed E-state index contributed by atoms with van der Waals surface area (Å²) >= 11 is 5.80. The van der Waals surface area contributed by atoms with E-state index in [0.717, 1.165) is 0 Å². The number of hydrogen-bond acceptors (Lipinski definition) is 2. The van der Waals surface area contributed by atoms with Crippen LogP contribution in [0.25, 0.3) is 0 Å². The van der Waals surface area contributed by atoms with Crippen molar-refractivity contribution in [2.45, 2.75) is 12.1 Å². The van der Waals surface area contributed by atoms with Gasteiger partial charge in [-0.1, -0.05) is 48.0 Å². The Morgan fingerprint density at radius 2 is 1.61 bits per heavy atom. The van der Waals surface area contributed by atoms with Crippen LogP contribution in [0.1, 0.15) is 11.5 Å². The zero-order valence-corrected chi connectivity index (χ0v) is 12.6. The van der Waals surface area contributed by atoms with Crippen LogP contribution < -0.4 is 5.01 Å². The lowest BCUT2D eigenvalue weighted by molar-refractivity contribution is -0.0611. The Kier molecular flexibility index (Phi) is 4.13. The van der Waals surface area contributed by atoms with Crippen LogP contribution in [0.4, 0.5) is 18.9 Å². The molecule has 0 fully saturated rings. The highest BCUT2D eigenvalue weighted by atomic mass is 35.5. The van der Waals surface area contributed by atoms with E-state index in [0.29, 0.717) is 16.3 Å². The largest absolute Gasteiger partial charge is 0.432 e. The van der Waals surface area contributed by atoms with Gasteiger partial charge in [-0.25, -0.2) is 5.01 Å². The van der Waals surface area contributed by atoms with Gasteiger partial charge >= 0.3 is 6.18 Å². The molecule has 6 heteroatoms. The normalized spacial score (nSPS) is 18.0. The first kappa shape index (κ1) is 15.6. The molecule has 1 aliphatic heterocycles. The molecule has 1 aliphatic rings. The van der Waals surface area contributed by atoms with Crippen LogP contribution in [0.3, 0.4) is 0 Å². The summed E-state index contributed by atoms with van der Waals surface area (Å²) in [6.07, 6.45) is -1.48. The molecule has 2 aromatic rings. The summed E-state index contributed by atoms with van der Waals surface area (Å²) in [6.45, 7) is 0. The Bertz CT molecular complexity index is 737. The molecule has 0 saturated heterocycles. The maximum absolute atomic E-state index is 13.4. The van der Waals surface area contributed by atoms with Gasteiger partial charge in [0.1, 0.15) is 0 Å². The average Bonchev–Trinajstić information content (AvgIpc) is 2.55. The molecule has 0 saturated carbocycles. The minimum Gasteiger partial charge on any atom is -0.241 e. The van der Waals surface area contributed by atoms with Crippen molar-refractivity contribution in [3.05, 3.63) is 77.5 Å². The van der Waals surface area contributed by atoms with Crippen molar-refractivity contribution in [1.82, 2.24) is 0 Å². The van der Waals surface area contributed by atoms with E-state index < -0.39 is 17.8 Å². The fraction of sp³-hybridized carbons (Fsp3) is 0.118. The molecule has 0 aliphatic carbocycles. The molecule has 0 aromatic heterocycles. The van der Waals surface area contributed by atoms with Crippen LogP contribution in [0.5, 0.6) is 0 Å². The third-order valence-corrected chi connectivity index (χ3v) is 3.72. The van der Waals surface area contributed by atoms with Crippen molar-refractivity contribution < 1.29 is 13.2 Å². The molecule has 23 heavy (non-hydrogen) atoms. The molecule has 0 amide bonds. The smallest absolute Gasteiger partial charge is 0.241 e. The van der Waals surface area contributed by atoms with E-state index in [-0.39, 0.29) is 0 Å². The number of alkyl halides is 3. The van der Waals surface area contributed by atoms with E-state index in [1.165, 1.54) is 17.3 Å². The Morgan fingerprint density at radius 1 is 0.957 bits per heavy atom. The van der Waals surface area contributed by atoms with Gasteiger partial charge in [-0.15, -0.1) is 0 Å². The van der Waals surface area contributed by atoms with Crippen LogP contribution in [-0.2, 0) is 0 Å². The monoisotopic (exact) mass is 336 g/mol. The summed E-state index contributed by atoms with van der Waals surface area (Å²) in [6, 6.07) is 15.0. The third kappa shape index (κ3) is 3.40. The lowest BCUT2D eigenvalue weighted by atomic mass is 9.93. The molecular formula is C17H12ClF3N2. The second-order valence-electron chi connectivity index (χ2n) is 5.03. The number of anilines is 1. The number of hydrazone groups is 1. The van der Waals surface area contributed by atoms with Gasteiger partial charge in [0.05, 0.1) is 11.6 Å². The number of allylic oxidation sites excluding steroid dienone is 1. The first-order valence-electron chi connectivity index (χ1n) is 6.89. The van der Waals surface area contributed by atoms with Crippen LogP contribution >= 0.6 is 11.6 Å². The second kappa shape index (κ2) is 6.08. The molecule has 118 valence electrons. The summed E-state index contributed by atoms with van der Waals surface area (Å²) < 4.78 is 40.3. The minimum absolute atomic E-state index is 0.511. The fourth-order valence-electron chi connectivity index (χ4n) is 2.37. The number of hydrogen-bond donors (Lipinski definition) is 0. The molecule has 0 spiro atoms.